The molecule has 1 aromatic rings. The van der Waals surface area contributed by atoms with Crippen molar-refractivity contribution in [2.75, 3.05) is 57.9 Å². The van der Waals surface area contributed by atoms with Crippen molar-refractivity contribution in [2.24, 2.45) is 5.92 Å². The minimum atomic E-state index is -0.204. The van der Waals surface area contributed by atoms with Crippen molar-refractivity contribution < 1.29 is 14.3 Å². The fourth-order valence-electron chi connectivity index (χ4n) is 3.91. The van der Waals surface area contributed by atoms with Crippen LogP contribution in [0.5, 0.6) is 0 Å². The van der Waals surface area contributed by atoms with Crippen molar-refractivity contribution in [1.82, 2.24) is 9.80 Å². The van der Waals surface area contributed by atoms with Gasteiger partial charge in [-0.25, -0.2) is 0 Å². The van der Waals surface area contributed by atoms with Crippen LogP contribution in [0.1, 0.15) is 18.4 Å². The maximum absolute atomic E-state index is 12.9. The summed E-state index contributed by atoms with van der Waals surface area (Å²) in [5.41, 5.74) is 2.52. The van der Waals surface area contributed by atoms with Gasteiger partial charge in [0, 0.05) is 58.5 Å². The van der Waals surface area contributed by atoms with Crippen molar-refractivity contribution >= 4 is 17.5 Å². The van der Waals surface area contributed by atoms with E-state index in [2.05, 4.69) is 36.1 Å². The fraction of sp³-hybridized carbons (Fsp3) is 0.600. The second-order valence-corrected chi connectivity index (χ2v) is 7.19. The molecule has 2 amide bonds. The first-order valence-electron chi connectivity index (χ1n) is 9.46. The van der Waals surface area contributed by atoms with E-state index in [-0.39, 0.29) is 17.7 Å². The Labute approximate surface area is 155 Å². The van der Waals surface area contributed by atoms with Gasteiger partial charge >= 0.3 is 0 Å². The Morgan fingerprint density at radius 2 is 2.00 bits per heavy atom. The average Bonchev–Trinajstić information content (AvgIpc) is 2.85. The highest BCUT2D eigenvalue weighted by Crippen LogP contribution is 2.23. The van der Waals surface area contributed by atoms with Crippen molar-refractivity contribution in [3.8, 4) is 0 Å². The van der Waals surface area contributed by atoms with E-state index in [0.29, 0.717) is 26.1 Å². The number of aryl methyl sites for hydroxylation is 1. The Kier molecular flexibility index (Phi) is 6.14. The Balaban J connectivity index is 1.58. The number of ether oxygens (including phenoxy) is 1. The molecule has 2 saturated heterocycles. The first-order valence-corrected chi connectivity index (χ1v) is 9.46. The number of hydrogen-bond acceptors (Lipinski definition) is 4. The zero-order chi connectivity index (χ0) is 18.5. The minimum Gasteiger partial charge on any atom is -0.383 e. The van der Waals surface area contributed by atoms with Crippen LogP contribution in [0, 0.1) is 12.8 Å². The normalized spacial score (nSPS) is 21.2. The summed E-state index contributed by atoms with van der Waals surface area (Å²) < 4.78 is 5.05. The molecule has 2 heterocycles. The molecule has 2 fully saturated rings. The smallest absolute Gasteiger partial charge is 0.228 e. The quantitative estimate of drug-likeness (QED) is 0.800. The van der Waals surface area contributed by atoms with Crippen molar-refractivity contribution in [3.05, 3.63) is 29.8 Å². The van der Waals surface area contributed by atoms with Gasteiger partial charge in [-0.3, -0.25) is 9.59 Å². The van der Waals surface area contributed by atoms with Gasteiger partial charge in [0.1, 0.15) is 0 Å². The molecule has 1 aromatic carbocycles. The first kappa shape index (κ1) is 18.7. The zero-order valence-electron chi connectivity index (χ0n) is 15.8. The number of likely N-dealkylation sites (tertiary alicyclic amines) is 1. The van der Waals surface area contributed by atoms with E-state index in [1.165, 1.54) is 11.3 Å². The molecule has 2 aliphatic heterocycles. The Bertz CT molecular complexity index is 649. The second-order valence-electron chi connectivity index (χ2n) is 7.19. The molecule has 0 radical (unpaired) electrons. The van der Waals surface area contributed by atoms with Gasteiger partial charge in [0.05, 0.1) is 12.5 Å². The Hall–Kier alpha value is -2.08. The summed E-state index contributed by atoms with van der Waals surface area (Å²) in [6.45, 7) is 7.02. The van der Waals surface area contributed by atoms with Gasteiger partial charge in [-0.15, -0.1) is 0 Å². The van der Waals surface area contributed by atoms with Crippen LogP contribution in [0.25, 0.3) is 0 Å². The zero-order valence-corrected chi connectivity index (χ0v) is 15.8. The number of benzene rings is 1. The van der Waals surface area contributed by atoms with Crippen LogP contribution < -0.4 is 4.90 Å². The SMILES string of the molecule is COCCN1C[C@@H](C(=O)N2CCCN(c3ccccc3C)CC2)CC1=O. The summed E-state index contributed by atoms with van der Waals surface area (Å²) in [5.74, 6) is -0.00831. The predicted octanol–water partition coefficient (Wildman–Crippen LogP) is 1.53. The van der Waals surface area contributed by atoms with Crippen molar-refractivity contribution in [1.29, 1.82) is 0 Å². The molecule has 2 aliphatic rings. The van der Waals surface area contributed by atoms with Crippen LogP contribution in [-0.4, -0.2) is 74.6 Å². The average molecular weight is 359 g/mol. The van der Waals surface area contributed by atoms with Crippen LogP contribution in [-0.2, 0) is 14.3 Å². The van der Waals surface area contributed by atoms with Gasteiger partial charge in [0.2, 0.25) is 11.8 Å². The third-order valence-electron chi connectivity index (χ3n) is 5.39. The number of anilines is 1. The Morgan fingerprint density at radius 3 is 2.77 bits per heavy atom. The first-order chi connectivity index (χ1) is 12.6. The fourth-order valence-corrected chi connectivity index (χ4v) is 3.91. The van der Waals surface area contributed by atoms with E-state index in [1.807, 2.05) is 4.90 Å². The second kappa shape index (κ2) is 8.54. The van der Waals surface area contributed by atoms with Crippen LogP contribution in [0.2, 0.25) is 0 Å². The van der Waals surface area contributed by atoms with Crippen molar-refractivity contribution in [2.45, 2.75) is 19.8 Å². The molecule has 0 unspecified atom stereocenters. The van der Waals surface area contributed by atoms with E-state index in [0.717, 1.165) is 32.6 Å². The van der Waals surface area contributed by atoms with E-state index < -0.39 is 0 Å². The van der Waals surface area contributed by atoms with Crippen LogP contribution in [0.3, 0.4) is 0 Å². The molecule has 26 heavy (non-hydrogen) atoms. The van der Waals surface area contributed by atoms with Gasteiger partial charge in [0.15, 0.2) is 0 Å². The molecule has 3 rings (SSSR count). The summed E-state index contributed by atoms with van der Waals surface area (Å²) in [7, 11) is 1.63. The highest BCUT2D eigenvalue weighted by Gasteiger charge is 2.36. The van der Waals surface area contributed by atoms with Gasteiger partial charge in [-0.05, 0) is 25.0 Å². The number of rotatable bonds is 5. The lowest BCUT2D eigenvalue weighted by molar-refractivity contribution is -0.135. The predicted molar refractivity (Wildman–Crippen MR) is 101 cm³/mol. The molecular formula is C20H29N3O3. The lowest BCUT2D eigenvalue weighted by Gasteiger charge is -2.26. The third kappa shape index (κ3) is 4.18. The van der Waals surface area contributed by atoms with Gasteiger partial charge < -0.3 is 19.4 Å². The summed E-state index contributed by atoms with van der Waals surface area (Å²) >= 11 is 0. The summed E-state index contributed by atoms with van der Waals surface area (Å²) in [5, 5.41) is 0. The monoisotopic (exact) mass is 359 g/mol. The molecule has 6 heteroatoms. The molecule has 0 bridgehead atoms. The van der Waals surface area contributed by atoms with Gasteiger partial charge in [-0.1, -0.05) is 18.2 Å². The number of methoxy groups -OCH3 is 1. The number of amides is 2. The molecule has 0 spiro atoms. The van der Waals surface area contributed by atoms with Gasteiger partial charge in [0.25, 0.3) is 0 Å². The minimum absolute atomic E-state index is 0.0664. The lowest BCUT2D eigenvalue weighted by Crippen LogP contribution is -2.40. The number of para-hydroxylation sites is 1. The van der Waals surface area contributed by atoms with E-state index in [1.54, 1.807) is 12.0 Å². The van der Waals surface area contributed by atoms with E-state index >= 15 is 0 Å². The number of hydrogen-bond donors (Lipinski definition) is 0. The standard InChI is InChI=1S/C20H29N3O3/c1-16-6-3-4-7-18(16)21-8-5-9-22(11-10-21)20(25)17-14-19(24)23(15-17)12-13-26-2/h3-4,6-7,17H,5,8-15H2,1-2H3/t17-/m0/s1. The molecule has 142 valence electrons. The molecule has 0 saturated carbocycles. The summed E-state index contributed by atoms with van der Waals surface area (Å²) in [4.78, 5) is 31.1. The molecule has 0 aromatic heterocycles. The number of carbonyl (C=O) groups is 2. The molecular weight excluding hydrogens is 330 g/mol. The van der Waals surface area contributed by atoms with E-state index in [4.69, 9.17) is 4.74 Å². The maximum atomic E-state index is 12.9. The lowest BCUT2D eigenvalue weighted by atomic mass is 10.1. The largest absolute Gasteiger partial charge is 0.383 e. The summed E-state index contributed by atoms with van der Waals surface area (Å²) in [6.07, 6.45) is 1.29. The number of nitrogens with zero attached hydrogens (tertiary/aromatic N) is 3. The van der Waals surface area contributed by atoms with Crippen LogP contribution >= 0.6 is 0 Å². The van der Waals surface area contributed by atoms with Crippen molar-refractivity contribution in [3.63, 3.8) is 0 Å². The number of carbonyl (C=O) groups excluding carboxylic acids is 2. The Morgan fingerprint density at radius 1 is 1.19 bits per heavy atom. The molecule has 6 nitrogen and oxygen atoms in total. The van der Waals surface area contributed by atoms with Crippen LogP contribution in [0.4, 0.5) is 5.69 Å². The van der Waals surface area contributed by atoms with E-state index in [9.17, 15) is 9.59 Å². The van der Waals surface area contributed by atoms with Gasteiger partial charge in [-0.2, -0.15) is 0 Å². The topological polar surface area (TPSA) is 53.1 Å². The molecule has 0 aliphatic carbocycles. The highest BCUT2D eigenvalue weighted by molar-refractivity contribution is 5.89. The molecule has 1 atom stereocenters. The maximum Gasteiger partial charge on any atom is 0.228 e. The van der Waals surface area contributed by atoms with Crippen LogP contribution in [0.15, 0.2) is 24.3 Å². The third-order valence-corrected chi connectivity index (χ3v) is 5.39. The summed E-state index contributed by atoms with van der Waals surface area (Å²) in [6, 6.07) is 8.39. The molecule has 0 N–H and O–H groups in total. The highest BCUT2D eigenvalue weighted by atomic mass is 16.5.